The molecule has 1 aliphatic heterocycles. The fourth-order valence-corrected chi connectivity index (χ4v) is 2.57. The van der Waals surface area contributed by atoms with Crippen molar-refractivity contribution in [1.29, 1.82) is 0 Å². The molecule has 3 nitrogen and oxygen atoms in total. The summed E-state index contributed by atoms with van der Waals surface area (Å²) in [6.07, 6.45) is -0.870. The summed E-state index contributed by atoms with van der Waals surface area (Å²) in [6, 6.07) is 3.41. The number of rotatable bonds is 1. The molecule has 1 fully saturated rings. The largest absolute Gasteiger partial charge is 0.366 e. The van der Waals surface area contributed by atoms with E-state index in [2.05, 4.69) is 4.98 Å². The molecule has 0 saturated carbocycles. The first-order chi connectivity index (χ1) is 9.87. The minimum Gasteiger partial charge on any atom is -0.366 e. The molecule has 3 rings (SSSR count). The minimum absolute atomic E-state index is 0.0450. The highest BCUT2D eigenvalue weighted by Gasteiger charge is 2.35. The van der Waals surface area contributed by atoms with Gasteiger partial charge in [0, 0.05) is 43.5 Å². The number of pyridine rings is 1. The Hall–Kier alpha value is -2.05. The lowest BCUT2D eigenvalue weighted by atomic mass is 10.0. The molecule has 2 heterocycles. The van der Waals surface area contributed by atoms with Gasteiger partial charge in [0.1, 0.15) is 5.69 Å². The summed E-state index contributed by atoms with van der Waals surface area (Å²) in [4.78, 5) is 14.8. The Kier molecular flexibility index (Phi) is 3.15. The van der Waals surface area contributed by atoms with E-state index in [0.29, 0.717) is 0 Å². The molecule has 1 N–H and O–H groups in total. The van der Waals surface area contributed by atoms with E-state index in [0.717, 1.165) is 12.1 Å². The van der Waals surface area contributed by atoms with Crippen LogP contribution < -0.4 is 10.5 Å². The van der Waals surface area contributed by atoms with Gasteiger partial charge >= 0.3 is 0 Å². The van der Waals surface area contributed by atoms with Gasteiger partial charge in [0.2, 0.25) is 5.56 Å². The number of halogens is 4. The van der Waals surface area contributed by atoms with Crippen LogP contribution in [0.2, 0.25) is 0 Å². The molecule has 0 bridgehead atoms. The third kappa shape index (κ3) is 2.48. The highest BCUT2D eigenvalue weighted by Crippen LogP contribution is 2.35. The second kappa shape index (κ2) is 4.75. The number of anilines is 1. The van der Waals surface area contributed by atoms with E-state index >= 15 is 0 Å². The number of nitrogens with one attached hydrogen (secondary N) is 1. The van der Waals surface area contributed by atoms with Crippen LogP contribution in [0.25, 0.3) is 10.9 Å². The third-order valence-electron chi connectivity index (χ3n) is 3.70. The van der Waals surface area contributed by atoms with E-state index < -0.39 is 36.0 Å². The van der Waals surface area contributed by atoms with Crippen LogP contribution in [0.15, 0.2) is 23.0 Å². The molecule has 1 saturated heterocycles. The molecule has 112 valence electrons. The maximum atomic E-state index is 14.4. The van der Waals surface area contributed by atoms with Crippen molar-refractivity contribution >= 4 is 16.6 Å². The van der Waals surface area contributed by atoms with Crippen molar-refractivity contribution in [3.8, 4) is 0 Å². The number of aromatic amines is 1. The van der Waals surface area contributed by atoms with Crippen molar-refractivity contribution in [2.75, 3.05) is 18.0 Å². The van der Waals surface area contributed by atoms with E-state index in [1.165, 1.54) is 11.0 Å². The molecule has 0 atom stereocenters. The first-order valence-corrected chi connectivity index (χ1v) is 6.51. The zero-order valence-corrected chi connectivity index (χ0v) is 10.9. The lowest BCUT2D eigenvalue weighted by Crippen LogP contribution is -2.40. The lowest BCUT2D eigenvalue weighted by Gasteiger charge is -2.33. The van der Waals surface area contributed by atoms with Crippen LogP contribution in [-0.4, -0.2) is 24.0 Å². The molecule has 7 heteroatoms. The van der Waals surface area contributed by atoms with Gasteiger partial charge in [0.25, 0.3) is 5.92 Å². The highest BCUT2D eigenvalue weighted by atomic mass is 19.3. The number of piperidine rings is 1. The van der Waals surface area contributed by atoms with Crippen LogP contribution in [0.3, 0.4) is 0 Å². The molecule has 0 amide bonds. The molecule has 1 aromatic carbocycles. The first-order valence-electron chi connectivity index (χ1n) is 6.51. The zero-order valence-electron chi connectivity index (χ0n) is 10.9. The Labute approximate surface area is 117 Å². The molecule has 0 unspecified atom stereocenters. The number of nitrogens with zero attached hydrogens (tertiary/aromatic N) is 1. The number of hydrogen-bond donors (Lipinski definition) is 1. The predicted molar refractivity (Wildman–Crippen MR) is 70.9 cm³/mol. The van der Waals surface area contributed by atoms with Gasteiger partial charge in [-0.15, -0.1) is 0 Å². The molecule has 1 aliphatic rings. The number of alkyl halides is 2. The summed E-state index contributed by atoms with van der Waals surface area (Å²) in [5.74, 6) is -4.50. The SMILES string of the molecule is O=c1ccc2c(F)c(N3CCC(F)(F)CC3)c(F)cc2[nH]1. The average Bonchev–Trinajstić information content (AvgIpc) is 2.40. The second-order valence-electron chi connectivity index (χ2n) is 5.15. The lowest BCUT2D eigenvalue weighted by molar-refractivity contribution is -0.0222. The Bertz CT molecular complexity index is 746. The number of H-pyrrole nitrogens is 1. The first kappa shape index (κ1) is 13.9. The van der Waals surface area contributed by atoms with Crippen molar-refractivity contribution in [3.63, 3.8) is 0 Å². The fourth-order valence-electron chi connectivity index (χ4n) is 2.57. The second-order valence-corrected chi connectivity index (χ2v) is 5.15. The summed E-state index contributed by atoms with van der Waals surface area (Å²) in [5.41, 5.74) is -0.736. The molecule has 0 aliphatic carbocycles. The number of benzene rings is 1. The minimum atomic E-state index is -2.79. The number of hydrogen-bond acceptors (Lipinski definition) is 2. The summed E-state index contributed by atoms with van der Waals surface area (Å²) in [7, 11) is 0. The zero-order chi connectivity index (χ0) is 15.2. The Morgan fingerprint density at radius 2 is 1.81 bits per heavy atom. The molecule has 1 aromatic heterocycles. The number of fused-ring (bicyclic) bond motifs is 1. The van der Waals surface area contributed by atoms with Crippen LogP contribution in [0.4, 0.5) is 23.2 Å². The van der Waals surface area contributed by atoms with Crippen molar-refractivity contribution in [2.24, 2.45) is 0 Å². The normalized spacial score (nSPS) is 18.2. The van der Waals surface area contributed by atoms with Crippen LogP contribution in [0.5, 0.6) is 0 Å². The van der Waals surface area contributed by atoms with Crippen molar-refractivity contribution in [1.82, 2.24) is 4.98 Å². The van der Waals surface area contributed by atoms with E-state index in [1.54, 1.807) is 0 Å². The van der Waals surface area contributed by atoms with Crippen LogP contribution >= 0.6 is 0 Å². The van der Waals surface area contributed by atoms with Crippen molar-refractivity contribution in [3.05, 3.63) is 40.2 Å². The molecule has 2 aromatic rings. The Balaban J connectivity index is 2.07. The van der Waals surface area contributed by atoms with Crippen LogP contribution in [0, 0.1) is 11.6 Å². The van der Waals surface area contributed by atoms with E-state index in [9.17, 15) is 22.4 Å². The third-order valence-corrected chi connectivity index (χ3v) is 3.70. The molecule has 0 radical (unpaired) electrons. The summed E-state index contributed by atoms with van der Waals surface area (Å²) >= 11 is 0. The van der Waals surface area contributed by atoms with Gasteiger partial charge in [-0.2, -0.15) is 0 Å². The molecule has 21 heavy (non-hydrogen) atoms. The van der Waals surface area contributed by atoms with Gasteiger partial charge < -0.3 is 9.88 Å². The smallest absolute Gasteiger partial charge is 0.251 e. The maximum absolute atomic E-state index is 14.4. The van der Waals surface area contributed by atoms with Gasteiger partial charge in [-0.05, 0) is 6.07 Å². The van der Waals surface area contributed by atoms with Crippen LogP contribution in [-0.2, 0) is 0 Å². The van der Waals surface area contributed by atoms with Gasteiger partial charge in [0.05, 0.1) is 5.52 Å². The fraction of sp³-hybridized carbons (Fsp3) is 0.357. The van der Waals surface area contributed by atoms with Gasteiger partial charge in [-0.1, -0.05) is 0 Å². The number of aromatic nitrogens is 1. The van der Waals surface area contributed by atoms with Gasteiger partial charge in [0.15, 0.2) is 11.6 Å². The van der Waals surface area contributed by atoms with Crippen molar-refractivity contribution in [2.45, 2.75) is 18.8 Å². The maximum Gasteiger partial charge on any atom is 0.251 e. The standard InChI is InChI=1S/C14H12F4N2O/c15-9-7-10-8(1-2-11(21)19-10)12(16)13(9)20-5-3-14(17,18)4-6-20/h1-2,7H,3-6H2,(H,19,21). The summed E-state index contributed by atoms with van der Waals surface area (Å²) in [6.45, 7) is -0.231. The Morgan fingerprint density at radius 3 is 2.48 bits per heavy atom. The quantitative estimate of drug-likeness (QED) is 0.822. The van der Waals surface area contributed by atoms with Crippen molar-refractivity contribution < 1.29 is 17.6 Å². The van der Waals surface area contributed by atoms with E-state index in [4.69, 9.17) is 0 Å². The molecular weight excluding hydrogens is 288 g/mol. The summed E-state index contributed by atoms with van der Waals surface area (Å²) in [5, 5.41) is 0.0586. The molecule has 0 spiro atoms. The average molecular weight is 300 g/mol. The summed E-state index contributed by atoms with van der Waals surface area (Å²) < 4.78 is 54.8. The van der Waals surface area contributed by atoms with E-state index in [1.807, 2.05) is 0 Å². The van der Waals surface area contributed by atoms with Gasteiger partial charge in [-0.25, -0.2) is 17.6 Å². The predicted octanol–water partition coefficient (Wildman–Crippen LogP) is 3.04. The molecular formula is C14H12F4N2O. The van der Waals surface area contributed by atoms with Crippen LogP contribution in [0.1, 0.15) is 12.8 Å². The monoisotopic (exact) mass is 300 g/mol. The van der Waals surface area contributed by atoms with E-state index in [-0.39, 0.29) is 29.7 Å². The highest BCUT2D eigenvalue weighted by molar-refractivity contribution is 5.83. The Morgan fingerprint density at radius 1 is 1.14 bits per heavy atom. The topological polar surface area (TPSA) is 36.1 Å². The van der Waals surface area contributed by atoms with Gasteiger partial charge in [-0.3, -0.25) is 4.79 Å².